The Bertz CT molecular complexity index is 881. The maximum atomic E-state index is 4.82. The second-order valence-corrected chi connectivity index (χ2v) is 6.82. The minimum absolute atomic E-state index is 0. The van der Waals surface area contributed by atoms with Gasteiger partial charge in [-0.2, -0.15) is 0 Å². The number of pyridine rings is 1. The molecule has 0 atom stereocenters. The van der Waals surface area contributed by atoms with Crippen molar-refractivity contribution in [2.45, 2.75) is 19.3 Å². The molecule has 26 heavy (non-hydrogen) atoms. The summed E-state index contributed by atoms with van der Waals surface area (Å²) < 4.78 is 0. The third-order valence-electron chi connectivity index (χ3n) is 4.52. The first-order valence-electron chi connectivity index (χ1n) is 8.23. The Labute approximate surface area is 206 Å². The van der Waals surface area contributed by atoms with Crippen LogP contribution in [0.5, 0.6) is 0 Å². The van der Waals surface area contributed by atoms with Crippen LogP contribution in [-0.4, -0.2) is 19.9 Å². The Hall–Kier alpha value is -0.940. The van der Waals surface area contributed by atoms with E-state index in [-0.39, 0.29) is 72.0 Å². The molecule has 0 fully saturated rings. The van der Waals surface area contributed by atoms with Crippen molar-refractivity contribution in [3.05, 3.63) is 77.7 Å². The topological polar surface area (TPSA) is 39.0 Å². The molecule has 0 saturated heterocycles. The van der Waals surface area contributed by atoms with Gasteiger partial charge in [0.25, 0.3) is 0 Å². The summed E-state index contributed by atoms with van der Waals surface area (Å²) in [7, 11) is 0. The second-order valence-electron chi connectivity index (χ2n) is 6.82. The average Bonchev–Trinajstić information content (AvgIpc) is 2.71. The Balaban J connectivity index is 0.00000121. The first-order valence-corrected chi connectivity index (χ1v) is 8.23. The van der Waals surface area contributed by atoms with Gasteiger partial charge in [-0.05, 0) is 40.3 Å². The summed E-state index contributed by atoms with van der Waals surface area (Å²) in [5.41, 5.74) is 5.70. The van der Waals surface area contributed by atoms with E-state index < -0.39 is 0 Å². The molecule has 0 spiro atoms. The van der Waals surface area contributed by atoms with E-state index >= 15 is 0 Å². The molecule has 3 radical (unpaired) electrons. The molecule has 1 aliphatic rings. The summed E-state index contributed by atoms with van der Waals surface area (Å²) in [6, 6.07) is 20.6. The van der Waals surface area contributed by atoms with Crippen LogP contribution in [0.15, 0.2) is 66.9 Å². The molecule has 1 aromatic heterocycles. The van der Waals surface area contributed by atoms with Crippen molar-refractivity contribution >= 4 is 25.6 Å². The van der Waals surface area contributed by atoms with Crippen LogP contribution in [0.3, 0.4) is 0 Å². The molecule has 5 heteroatoms. The third-order valence-corrected chi connectivity index (χ3v) is 4.52. The standard InChI is InChI=1S/C21H20N3.B.Rb/c1-21(2)14-23-19-11-7-6-10-16(19)17-12-20(22-13-18(17)21)24-15-8-4-3-5-9-15;;/h3-13H,14H2,1-2H3,(H,22,24);;/q-1;;+1. The number of rotatable bonds is 2. The van der Waals surface area contributed by atoms with Gasteiger partial charge in [-0.1, -0.05) is 56.3 Å². The minimum atomic E-state index is -0.0351. The SMILES string of the molecule is CC1(C)C[N-]c2ccccc2-c2cc(Nc3ccccc3)ncc21.[B].[Rb+]. The quantitative estimate of drug-likeness (QED) is 0.659. The fourth-order valence-electron chi connectivity index (χ4n) is 3.16. The van der Waals surface area contributed by atoms with Crippen LogP contribution in [0.2, 0.25) is 0 Å². The second kappa shape index (κ2) is 8.83. The van der Waals surface area contributed by atoms with Gasteiger partial charge in [-0.15, -0.1) is 12.2 Å². The van der Waals surface area contributed by atoms with Crippen LogP contribution in [0.4, 0.5) is 17.2 Å². The van der Waals surface area contributed by atoms with Gasteiger partial charge in [0.1, 0.15) is 5.82 Å². The summed E-state index contributed by atoms with van der Waals surface area (Å²) >= 11 is 0. The fourth-order valence-corrected chi connectivity index (χ4v) is 3.16. The molecule has 3 aromatic rings. The number of hydrogen-bond donors (Lipinski definition) is 1. The Morgan fingerprint density at radius 3 is 2.42 bits per heavy atom. The van der Waals surface area contributed by atoms with Crippen molar-refractivity contribution in [1.29, 1.82) is 0 Å². The maximum absolute atomic E-state index is 4.82. The van der Waals surface area contributed by atoms with E-state index in [1.165, 1.54) is 16.7 Å². The number of para-hydroxylation sites is 2. The molecule has 3 nitrogen and oxygen atoms in total. The summed E-state index contributed by atoms with van der Waals surface area (Å²) in [6.07, 6.45) is 2.00. The Morgan fingerprint density at radius 1 is 0.962 bits per heavy atom. The van der Waals surface area contributed by atoms with Gasteiger partial charge in [-0.25, -0.2) is 4.98 Å². The van der Waals surface area contributed by atoms with E-state index in [4.69, 9.17) is 5.32 Å². The first kappa shape index (κ1) is 21.4. The van der Waals surface area contributed by atoms with Gasteiger partial charge < -0.3 is 10.6 Å². The van der Waals surface area contributed by atoms with Gasteiger partial charge in [0.2, 0.25) is 0 Å². The van der Waals surface area contributed by atoms with Crippen molar-refractivity contribution in [2.75, 3.05) is 11.9 Å². The van der Waals surface area contributed by atoms with E-state index in [1.54, 1.807) is 0 Å². The Kier molecular flexibility index (Phi) is 7.26. The first-order chi connectivity index (χ1) is 11.6. The monoisotopic (exact) mass is 410 g/mol. The molecule has 123 valence electrons. The number of nitrogens with one attached hydrogen (secondary N) is 1. The molecule has 0 amide bonds. The van der Waals surface area contributed by atoms with Gasteiger partial charge in [0, 0.05) is 20.3 Å². The van der Waals surface area contributed by atoms with Crippen molar-refractivity contribution in [3.63, 3.8) is 0 Å². The summed E-state index contributed by atoms with van der Waals surface area (Å²) in [5.74, 6) is 0.854. The van der Waals surface area contributed by atoms with E-state index in [0.717, 1.165) is 23.7 Å². The number of fused-ring (bicyclic) bond motifs is 3. The molecule has 0 aliphatic carbocycles. The molecular formula is C21H20BN3Rb. The minimum Gasteiger partial charge on any atom is -0.683 e. The molecule has 0 bridgehead atoms. The maximum Gasteiger partial charge on any atom is 1.00 e. The van der Waals surface area contributed by atoms with Gasteiger partial charge in [-0.3, -0.25) is 0 Å². The van der Waals surface area contributed by atoms with Crippen molar-refractivity contribution < 1.29 is 58.2 Å². The normalized spacial score (nSPS) is 13.6. The smallest absolute Gasteiger partial charge is 0.683 e. The number of anilines is 2. The molecule has 4 rings (SSSR count). The van der Waals surface area contributed by atoms with Crippen molar-refractivity contribution in [3.8, 4) is 11.1 Å². The fraction of sp³-hybridized carbons (Fsp3) is 0.190. The van der Waals surface area contributed by atoms with Crippen LogP contribution >= 0.6 is 0 Å². The molecular weight excluding hydrogens is 391 g/mol. The van der Waals surface area contributed by atoms with Crippen LogP contribution in [0, 0.1) is 0 Å². The van der Waals surface area contributed by atoms with Crippen LogP contribution in [0.25, 0.3) is 16.4 Å². The van der Waals surface area contributed by atoms with E-state index in [2.05, 4.69) is 48.4 Å². The molecule has 1 aliphatic heterocycles. The number of hydrogen-bond acceptors (Lipinski definition) is 2. The Morgan fingerprint density at radius 2 is 1.65 bits per heavy atom. The summed E-state index contributed by atoms with van der Waals surface area (Å²) in [4.78, 5) is 4.64. The predicted octanol–water partition coefficient (Wildman–Crippen LogP) is 2.41. The third kappa shape index (κ3) is 4.30. The number of benzene rings is 2. The molecule has 0 saturated carbocycles. The zero-order valence-corrected chi connectivity index (χ0v) is 20.4. The van der Waals surface area contributed by atoms with E-state index in [9.17, 15) is 0 Å². The number of aromatic nitrogens is 1. The molecule has 2 heterocycles. The zero-order valence-electron chi connectivity index (χ0n) is 15.5. The van der Waals surface area contributed by atoms with Gasteiger partial charge in [0.05, 0.1) is 0 Å². The average molecular weight is 411 g/mol. The zero-order chi connectivity index (χ0) is 16.6. The van der Waals surface area contributed by atoms with E-state index in [1.807, 2.05) is 42.6 Å². The van der Waals surface area contributed by atoms with E-state index in [0.29, 0.717) is 0 Å². The summed E-state index contributed by atoms with van der Waals surface area (Å²) in [6.45, 7) is 5.23. The van der Waals surface area contributed by atoms with Crippen LogP contribution in [0.1, 0.15) is 19.4 Å². The van der Waals surface area contributed by atoms with Gasteiger partial charge >= 0.3 is 58.2 Å². The van der Waals surface area contributed by atoms with Crippen molar-refractivity contribution in [1.82, 2.24) is 4.98 Å². The predicted molar refractivity (Wildman–Crippen MR) is 106 cm³/mol. The van der Waals surface area contributed by atoms with Crippen LogP contribution < -0.4 is 63.5 Å². The van der Waals surface area contributed by atoms with Crippen molar-refractivity contribution in [2.24, 2.45) is 0 Å². The number of nitrogens with zero attached hydrogens (tertiary/aromatic N) is 2. The molecule has 0 unspecified atom stereocenters. The summed E-state index contributed by atoms with van der Waals surface area (Å²) in [5, 5.41) is 8.21. The largest absolute Gasteiger partial charge is 1.00 e. The van der Waals surface area contributed by atoms with Crippen LogP contribution in [-0.2, 0) is 5.41 Å². The van der Waals surface area contributed by atoms with Gasteiger partial charge in [0.15, 0.2) is 0 Å². The molecule has 2 aromatic carbocycles. The molecule has 1 N–H and O–H groups in total.